The summed E-state index contributed by atoms with van der Waals surface area (Å²) in [6, 6.07) is 5.84. The number of benzene rings is 1. The molecule has 0 aliphatic rings. The van der Waals surface area contributed by atoms with Gasteiger partial charge in [0.15, 0.2) is 0 Å². The van der Waals surface area contributed by atoms with Gasteiger partial charge in [0.05, 0.1) is 0 Å². The first-order chi connectivity index (χ1) is 8.06. The van der Waals surface area contributed by atoms with E-state index in [4.69, 9.17) is 9.84 Å². The van der Waals surface area contributed by atoms with E-state index in [9.17, 15) is 4.79 Å². The number of hydrogen-bond donors (Lipinski definition) is 1. The minimum Gasteiger partial charge on any atom is -0.489 e. The smallest absolute Gasteiger partial charge is 0.331 e. The normalized spacial score (nSPS) is 11.4. The molecule has 0 saturated carbocycles. The molecule has 3 nitrogen and oxygen atoms in total. The van der Waals surface area contributed by atoms with E-state index in [0.29, 0.717) is 18.6 Å². The van der Waals surface area contributed by atoms with Gasteiger partial charge < -0.3 is 9.84 Å². The van der Waals surface area contributed by atoms with E-state index in [1.54, 1.807) is 6.08 Å². The highest BCUT2D eigenvalue weighted by molar-refractivity contribution is 5.86. The first kappa shape index (κ1) is 13.3. The molecular weight excluding hydrogens is 216 g/mol. The zero-order chi connectivity index (χ0) is 12.8. The average Bonchev–Trinajstić information content (AvgIpc) is 2.29. The van der Waals surface area contributed by atoms with E-state index in [2.05, 4.69) is 0 Å². The summed E-state index contributed by atoms with van der Waals surface area (Å²) in [5, 5.41) is 8.85. The third-order valence-corrected chi connectivity index (χ3v) is 2.78. The Kier molecular flexibility index (Phi) is 4.76. The first-order valence-corrected chi connectivity index (χ1v) is 5.67. The lowest BCUT2D eigenvalue weighted by Gasteiger charge is -2.09. The molecule has 0 saturated heterocycles. The standard InChI is InChI=1S/C14H18O3/c1-4-12(14(15)16)8-9-17-13-7-5-6-10(2)11(13)3/h5-8H,4,9H2,1-3H3,(H,15,16). The van der Waals surface area contributed by atoms with Crippen molar-refractivity contribution in [2.75, 3.05) is 6.61 Å². The van der Waals surface area contributed by atoms with Gasteiger partial charge in [-0.25, -0.2) is 4.79 Å². The van der Waals surface area contributed by atoms with Crippen LogP contribution in [-0.4, -0.2) is 17.7 Å². The largest absolute Gasteiger partial charge is 0.489 e. The van der Waals surface area contributed by atoms with Crippen LogP contribution in [0.2, 0.25) is 0 Å². The molecule has 1 N–H and O–H groups in total. The third-order valence-electron chi connectivity index (χ3n) is 2.78. The summed E-state index contributed by atoms with van der Waals surface area (Å²) in [7, 11) is 0. The fourth-order valence-corrected chi connectivity index (χ4v) is 1.50. The Bertz CT molecular complexity index is 433. The van der Waals surface area contributed by atoms with Crippen LogP contribution in [0.1, 0.15) is 24.5 Å². The van der Waals surface area contributed by atoms with Gasteiger partial charge >= 0.3 is 5.97 Å². The Balaban J connectivity index is 2.68. The van der Waals surface area contributed by atoms with Gasteiger partial charge in [0.2, 0.25) is 0 Å². The number of carboxylic acid groups (broad SMARTS) is 1. The van der Waals surface area contributed by atoms with E-state index < -0.39 is 5.97 Å². The van der Waals surface area contributed by atoms with Crippen LogP contribution < -0.4 is 4.74 Å². The van der Waals surface area contributed by atoms with Gasteiger partial charge in [0, 0.05) is 5.57 Å². The topological polar surface area (TPSA) is 46.5 Å². The molecule has 1 aromatic rings. The number of ether oxygens (including phenoxy) is 1. The summed E-state index contributed by atoms with van der Waals surface area (Å²) < 4.78 is 5.56. The van der Waals surface area contributed by atoms with Crippen molar-refractivity contribution >= 4 is 5.97 Å². The maximum Gasteiger partial charge on any atom is 0.331 e. The first-order valence-electron chi connectivity index (χ1n) is 5.67. The van der Waals surface area contributed by atoms with Crippen molar-refractivity contribution in [3.8, 4) is 5.75 Å². The molecule has 3 heteroatoms. The zero-order valence-electron chi connectivity index (χ0n) is 10.5. The molecule has 0 unspecified atom stereocenters. The van der Waals surface area contributed by atoms with E-state index in [0.717, 1.165) is 11.3 Å². The Labute approximate surface area is 102 Å². The molecule has 0 radical (unpaired) electrons. The maximum absolute atomic E-state index is 10.8. The monoisotopic (exact) mass is 234 g/mol. The summed E-state index contributed by atoms with van der Waals surface area (Å²) in [5.41, 5.74) is 2.64. The molecule has 1 aromatic carbocycles. The van der Waals surface area contributed by atoms with Gasteiger partial charge in [-0.1, -0.05) is 19.1 Å². The predicted molar refractivity (Wildman–Crippen MR) is 67.4 cm³/mol. The number of aliphatic carboxylic acids is 1. The molecule has 17 heavy (non-hydrogen) atoms. The minimum atomic E-state index is -0.878. The second-order valence-electron chi connectivity index (χ2n) is 3.90. The van der Waals surface area contributed by atoms with Crippen molar-refractivity contribution < 1.29 is 14.6 Å². The van der Waals surface area contributed by atoms with Gasteiger partial charge in [-0.15, -0.1) is 0 Å². The van der Waals surface area contributed by atoms with Crippen LogP contribution >= 0.6 is 0 Å². The molecule has 0 aliphatic carbocycles. The van der Waals surface area contributed by atoms with Crippen molar-refractivity contribution in [1.29, 1.82) is 0 Å². The van der Waals surface area contributed by atoms with E-state index >= 15 is 0 Å². The lowest BCUT2D eigenvalue weighted by atomic mass is 10.1. The van der Waals surface area contributed by atoms with Crippen LogP contribution in [0.15, 0.2) is 29.8 Å². The average molecular weight is 234 g/mol. The van der Waals surface area contributed by atoms with Gasteiger partial charge in [0.25, 0.3) is 0 Å². The van der Waals surface area contributed by atoms with Gasteiger partial charge in [-0.3, -0.25) is 0 Å². The lowest BCUT2D eigenvalue weighted by molar-refractivity contribution is -0.132. The van der Waals surface area contributed by atoms with Crippen molar-refractivity contribution in [3.63, 3.8) is 0 Å². The lowest BCUT2D eigenvalue weighted by Crippen LogP contribution is -2.03. The summed E-state index contributed by atoms with van der Waals surface area (Å²) in [4.78, 5) is 10.8. The van der Waals surface area contributed by atoms with Crippen LogP contribution in [-0.2, 0) is 4.79 Å². The molecule has 0 heterocycles. The second kappa shape index (κ2) is 6.09. The molecule has 0 aliphatic heterocycles. The molecule has 92 valence electrons. The van der Waals surface area contributed by atoms with Crippen LogP contribution in [0.4, 0.5) is 0 Å². The minimum absolute atomic E-state index is 0.291. The number of aryl methyl sites for hydroxylation is 1. The number of carboxylic acids is 1. The zero-order valence-corrected chi connectivity index (χ0v) is 10.5. The maximum atomic E-state index is 10.8. The highest BCUT2D eigenvalue weighted by atomic mass is 16.5. The highest BCUT2D eigenvalue weighted by Gasteiger charge is 2.04. The van der Waals surface area contributed by atoms with Crippen LogP contribution in [0.5, 0.6) is 5.75 Å². The fraction of sp³-hybridized carbons (Fsp3) is 0.357. The van der Waals surface area contributed by atoms with Crippen LogP contribution in [0.3, 0.4) is 0 Å². The molecule has 0 spiro atoms. The molecule has 0 amide bonds. The molecule has 0 aromatic heterocycles. The third kappa shape index (κ3) is 3.63. The molecular formula is C14H18O3. The number of rotatable bonds is 5. The summed E-state index contributed by atoms with van der Waals surface area (Å²) in [5.74, 6) is -0.0702. The van der Waals surface area contributed by atoms with E-state index in [1.165, 1.54) is 5.56 Å². The second-order valence-corrected chi connectivity index (χ2v) is 3.90. The van der Waals surface area contributed by atoms with Gasteiger partial charge in [-0.2, -0.15) is 0 Å². The molecule has 0 atom stereocenters. The molecule has 0 fully saturated rings. The van der Waals surface area contributed by atoms with Gasteiger partial charge in [0.1, 0.15) is 12.4 Å². The predicted octanol–water partition coefficient (Wildman–Crippen LogP) is 3.10. The van der Waals surface area contributed by atoms with Crippen molar-refractivity contribution in [3.05, 3.63) is 41.0 Å². The van der Waals surface area contributed by atoms with Crippen LogP contribution in [0.25, 0.3) is 0 Å². The fourth-order valence-electron chi connectivity index (χ4n) is 1.50. The van der Waals surface area contributed by atoms with Crippen LogP contribution in [0, 0.1) is 13.8 Å². The Hall–Kier alpha value is -1.77. The molecule has 0 bridgehead atoms. The van der Waals surface area contributed by atoms with Crippen molar-refractivity contribution in [2.24, 2.45) is 0 Å². The highest BCUT2D eigenvalue weighted by Crippen LogP contribution is 2.20. The number of hydrogen-bond acceptors (Lipinski definition) is 2. The summed E-state index contributed by atoms with van der Waals surface area (Å²) >= 11 is 0. The van der Waals surface area contributed by atoms with Gasteiger partial charge in [-0.05, 0) is 43.5 Å². The summed E-state index contributed by atoms with van der Waals surface area (Å²) in [6.07, 6.45) is 2.12. The Morgan fingerprint density at radius 3 is 2.71 bits per heavy atom. The quantitative estimate of drug-likeness (QED) is 0.796. The number of carbonyl (C=O) groups is 1. The van der Waals surface area contributed by atoms with Crippen molar-refractivity contribution in [2.45, 2.75) is 27.2 Å². The van der Waals surface area contributed by atoms with E-state index in [-0.39, 0.29) is 0 Å². The van der Waals surface area contributed by atoms with E-state index in [1.807, 2.05) is 39.0 Å². The summed E-state index contributed by atoms with van der Waals surface area (Å²) in [6.45, 7) is 6.12. The SMILES string of the molecule is CCC(=CCOc1cccc(C)c1C)C(=O)O. The molecule has 1 rings (SSSR count). The Morgan fingerprint density at radius 2 is 2.12 bits per heavy atom. The van der Waals surface area contributed by atoms with Crippen molar-refractivity contribution in [1.82, 2.24) is 0 Å². The Morgan fingerprint density at radius 1 is 1.41 bits per heavy atom.